The first-order chi connectivity index (χ1) is 8.38. The molecule has 1 heterocycles. The van der Waals surface area contributed by atoms with Gasteiger partial charge in [0, 0.05) is 26.2 Å². The summed E-state index contributed by atoms with van der Waals surface area (Å²) >= 11 is 0. The molecule has 0 aromatic heterocycles. The molecule has 1 saturated heterocycles. The first-order valence-corrected chi connectivity index (χ1v) is 7.06. The monoisotopic (exact) mass is 256 g/mol. The molecule has 1 N–H and O–H groups in total. The molecule has 0 aromatic carbocycles. The summed E-state index contributed by atoms with van der Waals surface area (Å²) in [6.45, 7) is 12.1. The average molecular weight is 256 g/mol. The van der Waals surface area contributed by atoms with Gasteiger partial charge in [-0.05, 0) is 18.3 Å². The molecule has 1 amide bonds. The summed E-state index contributed by atoms with van der Waals surface area (Å²) in [7, 11) is 0. The van der Waals surface area contributed by atoms with E-state index in [0.29, 0.717) is 24.9 Å². The van der Waals surface area contributed by atoms with Crippen LogP contribution in [0.4, 0.5) is 0 Å². The molecule has 18 heavy (non-hydrogen) atoms. The van der Waals surface area contributed by atoms with E-state index in [1.54, 1.807) is 0 Å². The average Bonchev–Trinajstić information content (AvgIpc) is 2.61. The van der Waals surface area contributed by atoms with Gasteiger partial charge in [0.15, 0.2) is 0 Å². The molecule has 0 saturated carbocycles. The Bertz CT molecular complexity index is 257. The Labute approximate surface area is 111 Å². The zero-order chi connectivity index (χ0) is 13.7. The van der Waals surface area contributed by atoms with E-state index in [1.165, 1.54) is 0 Å². The van der Waals surface area contributed by atoms with Crippen LogP contribution in [0.5, 0.6) is 0 Å². The van der Waals surface area contributed by atoms with Crippen LogP contribution in [0.3, 0.4) is 0 Å². The summed E-state index contributed by atoms with van der Waals surface area (Å²) in [5, 5.41) is 9.48. The molecule has 106 valence electrons. The minimum atomic E-state index is -0.249. The van der Waals surface area contributed by atoms with Gasteiger partial charge in [-0.2, -0.15) is 0 Å². The number of carbonyl (C=O) groups is 1. The highest BCUT2D eigenvalue weighted by atomic mass is 16.3. The van der Waals surface area contributed by atoms with Crippen LogP contribution in [0.25, 0.3) is 0 Å². The van der Waals surface area contributed by atoms with Crippen LogP contribution in [0.15, 0.2) is 0 Å². The van der Waals surface area contributed by atoms with E-state index < -0.39 is 0 Å². The van der Waals surface area contributed by atoms with Crippen molar-refractivity contribution in [2.45, 2.75) is 40.2 Å². The van der Waals surface area contributed by atoms with Crippen molar-refractivity contribution in [2.75, 3.05) is 32.7 Å². The van der Waals surface area contributed by atoms with Crippen molar-refractivity contribution in [2.24, 2.45) is 11.8 Å². The predicted molar refractivity (Wildman–Crippen MR) is 73.3 cm³/mol. The molecule has 1 aliphatic rings. The number of β-amino-alcohol motifs (C(OH)–C–C–N with tert-alkyl or cyclic N) is 1. The molecule has 0 spiro atoms. The fraction of sp³-hybridized carbons (Fsp3) is 0.929. The molecule has 0 aromatic rings. The number of hydrogen-bond acceptors (Lipinski definition) is 3. The van der Waals surface area contributed by atoms with E-state index in [2.05, 4.69) is 32.6 Å². The van der Waals surface area contributed by atoms with Crippen molar-refractivity contribution in [1.82, 2.24) is 9.80 Å². The SMILES string of the molecule is CC(C)CN(CC(C)C)C(=O)CN1CC[C@@H](O)C1. The van der Waals surface area contributed by atoms with Gasteiger partial charge in [-0.3, -0.25) is 9.69 Å². The van der Waals surface area contributed by atoms with Gasteiger partial charge < -0.3 is 10.0 Å². The summed E-state index contributed by atoms with van der Waals surface area (Å²) in [5.41, 5.74) is 0. The van der Waals surface area contributed by atoms with Crippen molar-refractivity contribution in [3.05, 3.63) is 0 Å². The summed E-state index contributed by atoms with van der Waals surface area (Å²) < 4.78 is 0. The van der Waals surface area contributed by atoms with Crippen LogP contribution < -0.4 is 0 Å². The largest absolute Gasteiger partial charge is 0.392 e. The highest BCUT2D eigenvalue weighted by Crippen LogP contribution is 2.10. The van der Waals surface area contributed by atoms with Gasteiger partial charge in [0.25, 0.3) is 0 Å². The lowest BCUT2D eigenvalue weighted by Gasteiger charge is -2.28. The standard InChI is InChI=1S/C14H28N2O2/c1-11(2)7-16(8-12(3)4)14(18)10-15-6-5-13(17)9-15/h11-13,17H,5-10H2,1-4H3/t13-/m1/s1. The molecule has 0 aliphatic carbocycles. The van der Waals surface area contributed by atoms with Crippen LogP contribution in [-0.4, -0.2) is 59.6 Å². The molecule has 4 heteroatoms. The Morgan fingerprint density at radius 2 is 1.83 bits per heavy atom. The normalized spacial score (nSPS) is 20.9. The molecule has 1 fully saturated rings. The minimum Gasteiger partial charge on any atom is -0.392 e. The number of likely N-dealkylation sites (tertiary alicyclic amines) is 1. The molecule has 4 nitrogen and oxygen atoms in total. The van der Waals surface area contributed by atoms with E-state index >= 15 is 0 Å². The third kappa shape index (κ3) is 5.36. The highest BCUT2D eigenvalue weighted by Gasteiger charge is 2.24. The maximum atomic E-state index is 12.3. The van der Waals surface area contributed by atoms with Gasteiger partial charge in [0.1, 0.15) is 0 Å². The van der Waals surface area contributed by atoms with Crippen LogP contribution in [-0.2, 0) is 4.79 Å². The van der Waals surface area contributed by atoms with Crippen molar-refractivity contribution in [3.8, 4) is 0 Å². The van der Waals surface area contributed by atoms with Gasteiger partial charge in [-0.1, -0.05) is 27.7 Å². The zero-order valence-electron chi connectivity index (χ0n) is 12.2. The topological polar surface area (TPSA) is 43.8 Å². The van der Waals surface area contributed by atoms with Gasteiger partial charge >= 0.3 is 0 Å². The third-order valence-electron chi connectivity index (χ3n) is 3.13. The Hall–Kier alpha value is -0.610. The summed E-state index contributed by atoms with van der Waals surface area (Å²) in [6.07, 6.45) is 0.545. The molecular weight excluding hydrogens is 228 g/mol. The zero-order valence-corrected chi connectivity index (χ0v) is 12.2. The molecule has 1 aliphatic heterocycles. The van der Waals surface area contributed by atoms with E-state index in [0.717, 1.165) is 26.1 Å². The Kier molecular flexibility index (Phi) is 6.09. The van der Waals surface area contributed by atoms with E-state index in [4.69, 9.17) is 0 Å². The number of hydrogen-bond donors (Lipinski definition) is 1. The second kappa shape index (κ2) is 7.10. The Balaban J connectivity index is 2.47. The number of aliphatic hydroxyl groups excluding tert-OH is 1. The Morgan fingerprint density at radius 3 is 2.22 bits per heavy atom. The maximum absolute atomic E-state index is 12.3. The summed E-state index contributed by atoms with van der Waals surface area (Å²) in [5.74, 6) is 1.19. The number of carbonyl (C=O) groups excluding carboxylic acids is 1. The van der Waals surface area contributed by atoms with Crippen molar-refractivity contribution >= 4 is 5.91 Å². The maximum Gasteiger partial charge on any atom is 0.236 e. The number of amides is 1. The van der Waals surface area contributed by atoms with Crippen molar-refractivity contribution in [1.29, 1.82) is 0 Å². The van der Waals surface area contributed by atoms with Crippen LogP contribution in [0.1, 0.15) is 34.1 Å². The smallest absolute Gasteiger partial charge is 0.236 e. The molecular formula is C14H28N2O2. The van der Waals surface area contributed by atoms with Crippen LogP contribution in [0, 0.1) is 11.8 Å². The summed E-state index contributed by atoms with van der Waals surface area (Å²) in [4.78, 5) is 16.3. The quantitative estimate of drug-likeness (QED) is 0.776. The Morgan fingerprint density at radius 1 is 1.28 bits per heavy atom. The molecule has 1 atom stereocenters. The fourth-order valence-electron chi connectivity index (χ4n) is 2.41. The second-order valence-corrected chi connectivity index (χ2v) is 6.26. The van der Waals surface area contributed by atoms with Gasteiger partial charge in [0.05, 0.1) is 12.6 Å². The lowest BCUT2D eigenvalue weighted by molar-refractivity contribution is -0.133. The van der Waals surface area contributed by atoms with E-state index in [1.807, 2.05) is 4.90 Å². The van der Waals surface area contributed by atoms with Crippen LogP contribution >= 0.6 is 0 Å². The van der Waals surface area contributed by atoms with Gasteiger partial charge in [-0.15, -0.1) is 0 Å². The molecule has 1 rings (SSSR count). The molecule has 0 bridgehead atoms. The van der Waals surface area contributed by atoms with E-state index in [9.17, 15) is 9.90 Å². The fourth-order valence-corrected chi connectivity index (χ4v) is 2.41. The van der Waals surface area contributed by atoms with Crippen molar-refractivity contribution < 1.29 is 9.90 Å². The number of nitrogens with zero attached hydrogens (tertiary/aromatic N) is 2. The number of rotatable bonds is 6. The third-order valence-corrected chi connectivity index (χ3v) is 3.13. The second-order valence-electron chi connectivity index (χ2n) is 6.26. The lowest BCUT2D eigenvalue weighted by atomic mass is 10.1. The molecule has 0 unspecified atom stereocenters. The first-order valence-electron chi connectivity index (χ1n) is 7.06. The highest BCUT2D eigenvalue weighted by molar-refractivity contribution is 5.78. The number of aliphatic hydroxyl groups is 1. The minimum absolute atomic E-state index is 0.200. The van der Waals surface area contributed by atoms with Gasteiger partial charge in [0.2, 0.25) is 5.91 Å². The van der Waals surface area contributed by atoms with Crippen LogP contribution in [0.2, 0.25) is 0 Å². The molecule has 0 radical (unpaired) electrons. The summed E-state index contributed by atoms with van der Waals surface area (Å²) in [6, 6.07) is 0. The van der Waals surface area contributed by atoms with Crippen molar-refractivity contribution in [3.63, 3.8) is 0 Å². The van der Waals surface area contributed by atoms with E-state index in [-0.39, 0.29) is 12.0 Å². The lowest BCUT2D eigenvalue weighted by Crippen LogP contribution is -2.43. The predicted octanol–water partition coefficient (Wildman–Crippen LogP) is 1.19. The van der Waals surface area contributed by atoms with Gasteiger partial charge in [-0.25, -0.2) is 0 Å². The first kappa shape index (κ1) is 15.4.